The van der Waals surface area contributed by atoms with E-state index in [4.69, 9.17) is 10.3 Å². The molecule has 2 aliphatic carbocycles. The van der Waals surface area contributed by atoms with Crippen LogP contribution in [0.5, 0.6) is 0 Å². The lowest BCUT2D eigenvalue weighted by Crippen LogP contribution is -2.53. The molecule has 2 bridgehead atoms. The summed E-state index contributed by atoms with van der Waals surface area (Å²) in [6.07, 6.45) is 8.13. The van der Waals surface area contributed by atoms with E-state index < -0.39 is 0 Å². The number of hydrogen-bond acceptors (Lipinski definition) is 6. The Morgan fingerprint density at radius 1 is 1.21 bits per heavy atom. The van der Waals surface area contributed by atoms with Crippen molar-refractivity contribution in [3.05, 3.63) is 30.3 Å². The number of pyridine rings is 1. The maximum absolute atomic E-state index is 12.4. The SMILES string of the molecule is Cl.Cl.NC1CC2CCCC(C1)C2NC(=O)CCc1nc(-c2ccccn2)no1. The molecule has 0 aromatic carbocycles. The molecule has 154 valence electrons. The summed E-state index contributed by atoms with van der Waals surface area (Å²) in [6, 6.07) is 6.11. The first kappa shape index (κ1) is 22.6. The molecule has 2 aliphatic rings. The van der Waals surface area contributed by atoms with E-state index in [1.807, 2.05) is 18.2 Å². The van der Waals surface area contributed by atoms with Crippen LogP contribution >= 0.6 is 24.8 Å². The molecule has 0 saturated heterocycles. The maximum Gasteiger partial charge on any atom is 0.227 e. The Morgan fingerprint density at radius 2 is 1.96 bits per heavy atom. The van der Waals surface area contributed by atoms with Gasteiger partial charge in [0, 0.05) is 31.1 Å². The molecule has 2 fully saturated rings. The number of nitrogens with zero attached hydrogens (tertiary/aromatic N) is 3. The summed E-state index contributed by atoms with van der Waals surface area (Å²) < 4.78 is 5.25. The zero-order valence-electron chi connectivity index (χ0n) is 15.6. The van der Waals surface area contributed by atoms with Crippen molar-refractivity contribution in [1.82, 2.24) is 20.4 Å². The first-order chi connectivity index (χ1) is 12.7. The Kier molecular flexibility index (Phi) is 8.22. The molecule has 2 atom stereocenters. The quantitative estimate of drug-likeness (QED) is 0.759. The van der Waals surface area contributed by atoms with Gasteiger partial charge in [-0.05, 0) is 49.7 Å². The molecule has 0 aliphatic heterocycles. The largest absolute Gasteiger partial charge is 0.353 e. The molecular formula is C19H27Cl2N5O2. The van der Waals surface area contributed by atoms with Gasteiger partial charge in [-0.1, -0.05) is 17.6 Å². The van der Waals surface area contributed by atoms with Crippen molar-refractivity contribution < 1.29 is 9.32 Å². The van der Waals surface area contributed by atoms with Crippen molar-refractivity contribution in [3.8, 4) is 11.5 Å². The number of halogens is 2. The van der Waals surface area contributed by atoms with E-state index >= 15 is 0 Å². The van der Waals surface area contributed by atoms with E-state index in [1.165, 1.54) is 19.3 Å². The summed E-state index contributed by atoms with van der Waals surface area (Å²) in [5, 5.41) is 7.19. The number of nitrogens with one attached hydrogen (secondary N) is 1. The first-order valence-corrected chi connectivity index (χ1v) is 9.48. The third-order valence-corrected chi connectivity index (χ3v) is 5.63. The Labute approximate surface area is 177 Å². The minimum atomic E-state index is 0. The highest BCUT2D eigenvalue weighted by Crippen LogP contribution is 2.39. The molecule has 2 aromatic heterocycles. The number of carbonyl (C=O) groups is 1. The van der Waals surface area contributed by atoms with Crippen molar-refractivity contribution >= 4 is 30.7 Å². The zero-order valence-corrected chi connectivity index (χ0v) is 17.3. The average molecular weight is 428 g/mol. The topological polar surface area (TPSA) is 107 Å². The second-order valence-electron chi connectivity index (χ2n) is 7.50. The lowest BCUT2D eigenvalue weighted by molar-refractivity contribution is -0.123. The summed E-state index contributed by atoms with van der Waals surface area (Å²) in [7, 11) is 0. The molecular weight excluding hydrogens is 401 g/mol. The number of aryl methyl sites for hydroxylation is 1. The van der Waals surface area contributed by atoms with Gasteiger partial charge in [0.15, 0.2) is 0 Å². The molecule has 7 nitrogen and oxygen atoms in total. The summed E-state index contributed by atoms with van der Waals surface area (Å²) in [5.41, 5.74) is 6.82. The van der Waals surface area contributed by atoms with Gasteiger partial charge in [-0.2, -0.15) is 4.98 Å². The second-order valence-corrected chi connectivity index (χ2v) is 7.50. The molecule has 2 aromatic rings. The first-order valence-electron chi connectivity index (χ1n) is 9.48. The Morgan fingerprint density at radius 3 is 2.64 bits per heavy atom. The normalized spacial score (nSPS) is 25.9. The number of fused-ring (bicyclic) bond motifs is 2. The van der Waals surface area contributed by atoms with Gasteiger partial charge in [-0.3, -0.25) is 9.78 Å². The van der Waals surface area contributed by atoms with Crippen LogP contribution in [0.15, 0.2) is 28.9 Å². The van der Waals surface area contributed by atoms with Crippen LogP contribution in [0.1, 0.15) is 44.4 Å². The number of aromatic nitrogens is 3. The fourth-order valence-corrected chi connectivity index (χ4v) is 4.46. The molecule has 0 radical (unpaired) electrons. The van der Waals surface area contributed by atoms with E-state index in [2.05, 4.69) is 20.4 Å². The molecule has 1 amide bonds. The molecule has 2 saturated carbocycles. The van der Waals surface area contributed by atoms with E-state index in [-0.39, 0.29) is 36.8 Å². The van der Waals surface area contributed by atoms with Gasteiger partial charge >= 0.3 is 0 Å². The van der Waals surface area contributed by atoms with Gasteiger partial charge in [-0.25, -0.2) is 0 Å². The van der Waals surface area contributed by atoms with Gasteiger partial charge in [0.1, 0.15) is 5.69 Å². The third kappa shape index (κ3) is 5.21. The van der Waals surface area contributed by atoms with E-state index in [0.29, 0.717) is 48.1 Å². The van der Waals surface area contributed by atoms with Gasteiger partial charge in [-0.15, -0.1) is 24.8 Å². The second kappa shape index (κ2) is 10.2. The smallest absolute Gasteiger partial charge is 0.227 e. The van der Waals surface area contributed by atoms with Crippen molar-refractivity contribution in [2.24, 2.45) is 17.6 Å². The number of hydrogen-bond donors (Lipinski definition) is 2. The van der Waals surface area contributed by atoms with Crippen LogP contribution in [-0.2, 0) is 11.2 Å². The highest BCUT2D eigenvalue weighted by Gasteiger charge is 2.39. The summed E-state index contributed by atoms with van der Waals surface area (Å²) in [5.74, 6) is 2.03. The minimum Gasteiger partial charge on any atom is -0.353 e. The fourth-order valence-electron chi connectivity index (χ4n) is 4.46. The number of amides is 1. The molecule has 2 heterocycles. The molecule has 28 heavy (non-hydrogen) atoms. The Hall–Kier alpha value is -1.70. The highest BCUT2D eigenvalue weighted by atomic mass is 35.5. The predicted octanol–water partition coefficient (Wildman–Crippen LogP) is 2.93. The predicted molar refractivity (Wildman–Crippen MR) is 110 cm³/mol. The Bertz CT molecular complexity index is 744. The average Bonchev–Trinajstić information content (AvgIpc) is 3.11. The monoisotopic (exact) mass is 427 g/mol. The highest BCUT2D eigenvalue weighted by molar-refractivity contribution is 5.85. The van der Waals surface area contributed by atoms with E-state index in [0.717, 1.165) is 12.8 Å². The van der Waals surface area contributed by atoms with Crippen molar-refractivity contribution in [1.29, 1.82) is 0 Å². The third-order valence-electron chi connectivity index (χ3n) is 5.63. The van der Waals surface area contributed by atoms with Gasteiger partial charge < -0.3 is 15.6 Å². The number of nitrogens with two attached hydrogens (primary N) is 1. The molecule has 4 rings (SSSR count). The maximum atomic E-state index is 12.4. The Balaban J connectivity index is 0.00000140. The van der Waals surface area contributed by atoms with Gasteiger partial charge in [0.05, 0.1) is 0 Å². The molecule has 0 spiro atoms. The number of rotatable bonds is 5. The lowest BCUT2D eigenvalue weighted by Gasteiger charge is -2.45. The van der Waals surface area contributed by atoms with Crippen molar-refractivity contribution in [2.45, 2.75) is 57.0 Å². The van der Waals surface area contributed by atoms with Gasteiger partial charge in [0.2, 0.25) is 17.6 Å². The van der Waals surface area contributed by atoms with E-state index in [1.54, 1.807) is 6.20 Å². The summed E-state index contributed by atoms with van der Waals surface area (Å²) >= 11 is 0. The van der Waals surface area contributed by atoms with Crippen LogP contribution in [0.3, 0.4) is 0 Å². The molecule has 2 unspecified atom stereocenters. The van der Waals surface area contributed by atoms with Crippen molar-refractivity contribution in [2.75, 3.05) is 0 Å². The van der Waals surface area contributed by atoms with Crippen LogP contribution in [0.2, 0.25) is 0 Å². The van der Waals surface area contributed by atoms with Crippen LogP contribution in [0, 0.1) is 11.8 Å². The summed E-state index contributed by atoms with van der Waals surface area (Å²) in [4.78, 5) is 21.0. The van der Waals surface area contributed by atoms with Crippen LogP contribution in [0.25, 0.3) is 11.5 Å². The molecule has 9 heteroatoms. The summed E-state index contributed by atoms with van der Waals surface area (Å²) in [6.45, 7) is 0. The van der Waals surface area contributed by atoms with Crippen LogP contribution < -0.4 is 11.1 Å². The van der Waals surface area contributed by atoms with Crippen LogP contribution in [0.4, 0.5) is 0 Å². The van der Waals surface area contributed by atoms with Crippen molar-refractivity contribution in [3.63, 3.8) is 0 Å². The minimum absolute atomic E-state index is 0. The zero-order chi connectivity index (χ0) is 17.9. The standard InChI is InChI=1S/C19H25N5O2.2ClH/c20-14-10-12-4-3-5-13(11-14)18(12)22-16(25)7-8-17-23-19(24-26-17)15-6-1-2-9-21-15;;/h1-2,6,9,12-14,18H,3-5,7-8,10-11,20H2,(H,22,25);2*1H. The fraction of sp³-hybridized carbons (Fsp3) is 0.579. The van der Waals surface area contributed by atoms with Crippen LogP contribution in [-0.4, -0.2) is 33.1 Å². The van der Waals surface area contributed by atoms with Gasteiger partial charge in [0.25, 0.3) is 0 Å². The molecule has 3 N–H and O–H groups in total. The number of carbonyl (C=O) groups excluding carboxylic acids is 1. The lowest BCUT2D eigenvalue weighted by atomic mass is 9.67. The van der Waals surface area contributed by atoms with E-state index in [9.17, 15) is 4.79 Å².